The number of carbonyl (C=O) groups is 1. The predicted molar refractivity (Wildman–Crippen MR) is 127 cm³/mol. The minimum Gasteiger partial charge on any atom is -0.378 e. The molecule has 2 fully saturated rings. The number of hydrogen-bond donors (Lipinski definition) is 1. The summed E-state index contributed by atoms with van der Waals surface area (Å²) < 4.78 is 44.7. The number of morpholine rings is 1. The number of rotatable bonds is 3. The zero-order valence-corrected chi connectivity index (χ0v) is 20.0. The van der Waals surface area contributed by atoms with E-state index in [2.05, 4.69) is 15.2 Å². The van der Waals surface area contributed by atoms with Gasteiger partial charge in [-0.1, -0.05) is 12.1 Å². The van der Waals surface area contributed by atoms with Crippen molar-refractivity contribution >= 4 is 6.03 Å². The second kappa shape index (κ2) is 9.93. The number of pyridine rings is 1. The number of carbonyl (C=O) groups excluding carboxylic acids is 1. The first-order chi connectivity index (χ1) is 17.3. The lowest BCUT2D eigenvalue weighted by Gasteiger charge is -2.41. The standard InChI is InChI=1S/C26H28F3N5O2/c1-17-6-7-30-14-22(17)24-13-23(31-32-24)20-12-19(18-2-4-21(5-3-18)26(27,28)29)15-34(16-20)25(35)33-8-10-36-11-9-33/h2-7,13-14,19-20H,8-12,15-16H2,1H3,(H,31,32). The van der Waals surface area contributed by atoms with Gasteiger partial charge >= 0.3 is 12.2 Å². The van der Waals surface area contributed by atoms with Crippen molar-refractivity contribution in [2.75, 3.05) is 39.4 Å². The Morgan fingerprint density at radius 3 is 2.47 bits per heavy atom. The van der Waals surface area contributed by atoms with Crippen molar-refractivity contribution in [3.05, 3.63) is 71.2 Å². The molecule has 1 aromatic carbocycles. The topological polar surface area (TPSA) is 74.3 Å². The third-order valence-corrected chi connectivity index (χ3v) is 7.06. The van der Waals surface area contributed by atoms with Crippen LogP contribution in [0.1, 0.15) is 40.6 Å². The van der Waals surface area contributed by atoms with Gasteiger partial charge in [0.05, 0.1) is 24.5 Å². The maximum atomic E-state index is 13.4. The summed E-state index contributed by atoms with van der Waals surface area (Å²) in [6.45, 7) is 5.00. The lowest BCUT2D eigenvalue weighted by Crippen LogP contribution is -2.52. The van der Waals surface area contributed by atoms with Gasteiger partial charge in [-0.05, 0) is 48.7 Å². The van der Waals surface area contributed by atoms with E-state index in [1.807, 2.05) is 24.0 Å². The molecule has 0 spiro atoms. The molecule has 2 aliphatic heterocycles. The van der Waals surface area contributed by atoms with E-state index >= 15 is 0 Å². The number of alkyl halides is 3. The summed E-state index contributed by atoms with van der Waals surface area (Å²) in [7, 11) is 0. The van der Waals surface area contributed by atoms with Gasteiger partial charge in [-0.15, -0.1) is 0 Å². The SMILES string of the molecule is Cc1ccncc1-c1cc(C2CC(c3ccc(C(F)(F)F)cc3)CN(C(=O)N3CCOCC3)C2)[nH]n1. The van der Waals surface area contributed by atoms with Crippen molar-refractivity contribution in [3.8, 4) is 11.3 Å². The Labute approximate surface area is 207 Å². The van der Waals surface area contributed by atoms with Gasteiger partial charge in [0.2, 0.25) is 0 Å². The van der Waals surface area contributed by atoms with Crippen LogP contribution in [-0.2, 0) is 10.9 Å². The number of urea groups is 1. The zero-order valence-electron chi connectivity index (χ0n) is 20.0. The number of ether oxygens (including phenoxy) is 1. The molecule has 10 heteroatoms. The fourth-order valence-electron chi connectivity index (χ4n) is 5.04. The number of H-pyrrole nitrogens is 1. The largest absolute Gasteiger partial charge is 0.416 e. The third-order valence-electron chi connectivity index (χ3n) is 7.06. The van der Waals surface area contributed by atoms with Crippen LogP contribution in [0.5, 0.6) is 0 Å². The fraction of sp³-hybridized carbons (Fsp3) is 0.423. The van der Waals surface area contributed by atoms with Gasteiger partial charge in [0.25, 0.3) is 0 Å². The molecule has 2 saturated heterocycles. The van der Waals surface area contributed by atoms with Gasteiger partial charge in [0.15, 0.2) is 0 Å². The number of likely N-dealkylation sites (tertiary alicyclic amines) is 1. The van der Waals surface area contributed by atoms with Crippen LogP contribution in [0.15, 0.2) is 48.8 Å². The molecule has 3 aromatic rings. The van der Waals surface area contributed by atoms with Crippen molar-refractivity contribution < 1.29 is 22.7 Å². The highest BCUT2D eigenvalue weighted by Crippen LogP contribution is 2.38. The number of aromatic amines is 1. The van der Waals surface area contributed by atoms with Crippen LogP contribution in [0.3, 0.4) is 0 Å². The molecule has 4 heterocycles. The highest BCUT2D eigenvalue weighted by Gasteiger charge is 2.36. The average molecular weight is 500 g/mol. The second-order valence-electron chi connectivity index (χ2n) is 9.44. The molecular weight excluding hydrogens is 471 g/mol. The minimum atomic E-state index is -4.39. The van der Waals surface area contributed by atoms with Crippen LogP contribution in [0.2, 0.25) is 0 Å². The van der Waals surface area contributed by atoms with E-state index in [1.165, 1.54) is 12.1 Å². The number of halogens is 3. The summed E-state index contributed by atoms with van der Waals surface area (Å²) in [5, 5.41) is 7.64. The molecule has 1 N–H and O–H groups in total. The number of aryl methyl sites for hydroxylation is 1. The summed E-state index contributed by atoms with van der Waals surface area (Å²) in [5.74, 6) is -0.155. The number of nitrogens with one attached hydrogen (secondary N) is 1. The number of benzene rings is 1. The van der Waals surface area contributed by atoms with Crippen LogP contribution in [0.4, 0.5) is 18.0 Å². The molecule has 0 bridgehead atoms. The van der Waals surface area contributed by atoms with Gasteiger partial charge in [-0.3, -0.25) is 10.1 Å². The quantitative estimate of drug-likeness (QED) is 0.561. The molecule has 0 saturated carbocycles. The maximum absolute atomic E-state index is 13.4. The molecule has 2 aromatic heterocycles. The van der Waals surface area contributed by atoms with Gasteiger partial charge in [0.1, 0.15) is 0 Å². The number of amides is 2. The van der Waals surface area contributed by atoms with Crippen LogP contribution in [0, 0.1) is 6.92 Å². The van der Waals surface area contributed by atoms with E-state index in [0.29, 0.717) is 45.8 Å². The van der Waals surface area contributed by atoms with Gasteiger partial charge in [-0.2, -0.15) is 18.3 Å². The summed E-state index contributed by atoms with van der Waals surface area (Å²) in [6, 6.07) is 9.14. The molecule has 5 rings (SSSR count). The van der Waals surface area contributed by atoms with Crippen LogP contribution >= 0.6 is 0 Å². The Kier molecular flexibility index (Phi) is 6.70. The van der Waals surface area contributed by atoms with E-state index in [1.54, 1.807) is 17.3 Å². The van der Waals surface area contributed by atoms with Gasteiger partial charge < -0.3 is 14.5 Å². The van der Waals surface area contributed by atoms with Gasteiger partial charge in [-0.25, -0.2) is 4.79 Å². The number of piperidine rings is 1. The van der Waals surface area contributed by atoms with Crippen molar-refractivity contribution in [1.29, 1.82) is 0 Å². The van der Waals surface area contributed by atoms with Crippen molar-refractivity contribution in [2.45, 2.75) is 31.4 Å². The van der Waals surface area contributed by atoms with Crippen molar-refractivity contribution in [1.82, 2.24) is 25.0 Å². The second-order valence-corrected chi connectivity index (χ2v) is 9.44. The Hall–Kier alpha value is -3.40. The van der Waals surface area contributed by atoms with Crippen LogP contribution < -0.4 is 0 Å². The summed E-state index contributed by atoms with van der Waals surface area (Å²) >= 11 is 0. The molecular formula is C26H28F3N5O2. The lowest BCUT2D eigenvalue weighted by molar-refractivity contribution is -0.137. The summed E-state index contributed by atoms with van der Waals surface area (Å²) in [4.78, 5) is 21.2. The Morgan fingerprint density at radius 2 is 1.78 bits per heavy atom. The molecule has 7 nitrogen and oxygen atoms in total. The Balaban J connectivity index is 1.42. The number of hydrogen-bond acceptors (Lipinski definition) is 4. The number of nitrogens with zero attached hydrogens (tertiary/aromatic N) is 4. The molecule has 2 amide bonds. The van der Waals surface area contributed by atoms with E-state index < -0.39 is 11.7 Å². The first-order valence-electron chi connectivity index (χ1n) is 12.0. The smallest absolute Gasteiger partial charge is 0.378 e. The normalized spacial score (nSPS) is 21.0. The molecule has 2 atom stereocenters. The molecule has 0 radical (unpaired) electrons. The van der Waals surface area contributed by atoms with Crippen molar-refractivity contribution in [3.63, 3.8) is 0 Å². The van der Waals surface area contributed by atoms with E-state index in [-0.39, 0.29) is 17.9 Å². The molecule has 36 heavy (non-hydrogen) atoms. The number of aromatic nitrogens is 3. The highest BCUT2D eigenvalue weighted by molar-refractivity contribution is 5.75. The first-order valence-corrected chi connectivity index (χ1v) is 12.0. The molecule has 2 aliphatic rings. The van der Waals surface area contributed by atoms with E-state index in [4.69, 9.17) is 4.74 Å². The monoisotopic (exact) mass is 499 g/mol. The van der Waals surface area contributed by atoms with E-state index in [9.17, 15) is 18.0 Å². The first kappa shape index (κ1) is 24.3. The molecule has 0 aliphatic carbocycles. The van der Waals surface area contributed by atoms with E-state index in [0.717, 1.165) is 40.2 Å². The van der Waals surface area contributed by atoms with Crippen LogP contribution in [-0.4, -0.2) is 70.4 Å². The summed E-state index contributed by atoms with van der Waals surface area (Å²) in [6.07, 6.45) is -0.193. The Morgan fingerprint density at radius 1 is 1.06 bits per heavy atom. The minimum absolute atomic E-state index is 0.0470. The Bertz CT molecular complexity index is 1200. The van der Waals surface area contributed by atoms with Gasteiger partial charge in [0, 0.05) is 61.7 Å². The van der Waals surface area contributed by atoms with Crippen LogP contribution in [0.25, 0.3) is 11.3 Å². The third kappa shape index (κ3) is 5.09. The zero-order chi connectivity index (χ0) is 25.3. The lowest BCUT2D eigenvalue weighted by atomic mass is 9.82. The summed E-state index contributed by atoms with van der Waals surface area (Å²) in [5.41, 5.74) is 3.76. The predicted octanol–water partition coefficient (Wildman–Crippen LogP) is 4.82. The molecule has 190 valence electrons. The average Bonchev–Trinajstić information content (AvgIpc) is 3.38. The van der Waals surface area contributed by atoms with Crippen molar-refractivity contribution in [2.24, 2.45) is 0 Å². The fourth-order valence-corrected chi connectivity index (χ4v) is 5.04. The molecule has 2 unspecified atom stereocenters. The highest BCUT2D eigenvalue weighted by atomic mass is 19.4. The maximum Gasteiger partial charge on any atom is 0.416 e.